The van der Waals surface area contributed by atoms with E-state index in [-0.39, 0.29) is 18.6 Å². The third-order valence-electron chi connectivity index (χ3n) is 2.61. The van der Waals surface area contributed by atoms with Gasteiger partial charge in [0.25, 0.3) is 0 Å². The number of nitrogens with zero attached hydrogens (tertiary/aromatic N) is 2. The van der Waals surface area contributed by atoms with Crippen molar-refractivity contribution in [1.82, 2.24) is 9.88 Å². The number of ether oxygens (including phenoxy) is 1. The van der Waals surface area contributed by atoms with E-state index in [0.717, 1.165) is 9.88 Å². The number of rotatable bonds is 2. The van der Waals surface area contributed by atoms with Gasteiger partial charge in [-0.25, -0.2) is 9.78 Å². The van der Waals surface area contributed by atoms with Gasteiger partial charge in [-0.1, -0.05) is 0 Å². The summed E-state index contributed by atoms with van der Waals surface area (Å²) in [6.07, 6.45) is 1.42. The monoisotopic (exact) mass is 270 g/mol. The largest absolute Gasteiger partial charge is 0.444 e. The molecule has 6 heteroatoms. The van der Waals surface area contributed by atoms with E-state index >= 15 is 0 Å². The SMILES string of the molecule is CC(C)(C)OC(=O)N1CC(c2ncc(CO)s2)C1. The first-order valence-electron chi connectivity index (χ1n) is 5.92. The Morgan fingerprint density at radius 3 is 2.78 bits per heavy atom. The summed E-state index contributed by atoms with van der Waals surface area (Å²) in [5, 5.41) is 9.96. The zero-order valence-corrected chi connectivity index (χ0v) is 11.7. The minimum atomic E-state index is -0.451. The zero-order chi connectivity index (χ0) is 13.3. The number of aromatic nitrogens is 1. The minimum absolute atomic E-state index is 0.0279. The Morgan fingerprint density at radius 2 is 2.28 bits per heavy atom. The van der Waals surface area contributed by atoms with E-state index in [4.69, 9.17) is 9.84 Å². The summed E-state index contributed by atoms with van der Waals surface area (Å²) in [5.41, 5.74) is -0.451. The Kier molecular flexibility index (Phi) is 3.59. The van der Waals surface area contributed by atoms with Crippen molar-refractivity contribution < 1.29 is 14.6 Å². The van der Waals surface area contributed by atoms with Crippen molar-refractivity contribution in [3.8, 4) is 0 Å². The van der Waals surface area contributed by atoms with Crippen LogP contribution in [0.15, 0.2) is 6.20 Å². The molecule has 5 nitrogen and oxygen atoms in total. The number of carbonyl (C=O) groups excluding carboxylic acids is 1. The van der Waals surface area contributed by atoms with E-state index in [1.54, 1.807) is 11.1 Å². The molecule has 1 fully saturated rings. The second-order valence-electron chi connectivity index (χ2n) is 5.41. The fourth-order valence-electron chi connectivity index (χ4n) is 1.69. The summed E-state index contributed by atoms with van der Waals surface area (Å²) < 4.78 is 5.28. The first kappa shape index (κ1) is 13.3. The van der Waals surface area contributed by atoms with Crippen LogP contribution in [0.25, 0.3) is 0 Å². The third kappa shape index (κ3) is 3.00. The maximum atomic E-state index is 11.7. The molecule has 2 rings (SSSR count). The van der Waals surface area contributed by atoms with Gasteiger partial charge in [0.05, 0.1) is 16.5 Å². The molecule has 0 unspecified atom stereocenters. The molecule has 0 radical (unpaired) electrons. The molecule has 1 amide bonds. The maximum Gasteiger partial charge on any atom is 0.410 e. The minimum Gasteiger partial charge on any atom is -0.444 e. The Hall–Kier alpha value is -1.14. The maximum absolute atomic E-state index is 11.7. The van der Waals surface area contributed by atoms with Crippen LogP contribution < -0.4 is 0 Å². The van der Waals surface area contributed by atoms with E-state index < -0.39 is 5.60 Å². The molecule has 1 saturated heterocycles. The van der Waals surface area contributed by atoms with Gasteiger partial charge < -0.3 is 14.7 Å². The number of hydrogen-bond acceptors (Lipinski definition) is 5. The van der Waals surface area contributed by atoms with Gasteiger partial charge in [0.1, 0.15) is 5.60 Å². The van der Waals surface area contributed by atoms with Crippen molar-refractivity contribution in [1.29, 1.82) is 0 Å². The lowest BCUT2D eigenvalue weighted by atomic mass is 10.0. The predicted molar refractivity (Wildman–Crippen MR) is 68.6 cm³/mol. The third-order valence-corrected chi connectivity index (χ3v) is 3.75. The average Bonchev–Trinajstić information content (AvgIpc) is 2.60. The van der Waals surface area contributed by atoms with Crippen LogP contribution in [0, 0.1) is 0 Å². The van der Waals surface area contributed by atoms with Gasteiger partial charge in [-0.2, -0.15) is 0 Å². The molecule has 0 spiro atoms. The quantitative estimate of drug-likeness (QED) is 0.892. The Morgan fingerprint density at radius 1 is 1.61 bits per heavy atom. The van der Waals surface area contributed by atoms with Crippen molar-refractivity contribution in [2.45, 2.75) is 38.9 Å². The van der Waals surface area contributed by atoms with Gasteiger partial charge in [-0.05, 0) is 20.8 Å². The van der Waals surface area contributed by atoms with Crippen molar-refractivity contribution in [2.75, 3.05) is 13.1 Å². The van der Waals surface area contributed by atoms with Crippen molar-refractivity contribution in [3.05, 3.63) is 16.1 Å². The smallest absolute Gasteiger partial charge is 0.410 e. The van der Waals surface area contributed by atoms with Crippen LogP contribution in [0.1, 0.15) is 36.6 Å². The second-order valence-corrected chi connectivity index (χ2v) is 6.55. The molecule has 1 N–H and O–H groups in total. The first-order valence-corrected chi connectivity index (χ1v) is 6.74. The molecular formula is C12H18N2O3S. The molecular weight excluding hydrogens is 252 g/mol. The van der Waals surface area contributed by atoms with Crippen LogP contribution in [0.3, 0.4) is 0 Å². The van der Waals surface area contributed by atoms with Crippen LogP contribution in [0.4, 0.5) is 4.79 Å². The van der Waals surface area contributed by atoms with Crippen LogP contribution in [0.2, 0.25) is 0 Å². The molecule has 18 heavy (non-hydrogen) atoms. The lowest BCUT2D eigenvalue weighted by molar-refractivity contribution is 0.00818. The van der Waals surface area contributed by atoms with Gasteiger partial charge >= 0.3 is 6.09 Å². The van der Waals surface area contributed by atoms with E-state index in [1.165, 1.54) is 11.3 Å². The number of amides is 1. The molecule has 1 aliphatic rings. The predicted octanol–water partition coefficient (Wildman–Crippen LogP) is 1.97. The Labute approximate surface area is 110 Å². The van der Waals surface area contributed by atoms with Gasteiger partial charge in [-0.15, -0.1) is 11.3 Å². The number of thiazole rings is 1. The van der Waals surface area contributed by atoms with Gasteiger partial charge in [0, 0.05) is 25.2 Å². The highest BCUT2D eigenvalue weighted by molar-refractivity contribution is 7.11. The number of aliphatic hydroxyl groups is 1. The van der Waals surface area contributed by atoms with Crippen LogP contribution in [-0.4, -0.2) is 39.8 Å². The highest BCUT2D eigenvalue weighted by Crippen LogP contribution is 2.31. The van der Waals surface area contributed by atoms with Gasteiger partial charge in [-0.3, -0.25) is 0 Å². The Balaban J connectivity index is 1.85. The molecule has 0 bridgehead atoms. The first-order chi connectivity index (χ1) is 8.39. The van der Waals surface area contributed by atoms with E-state index in [1.807, 2.05) is 20.8 Å². The number of likely N-dealkylation sites (tertiary alicyclic amines) is 1. The van der Waals surface area contributed by atoms with E-state index in [0.29, 0.717) is 13.1 Å². The fraction of sp³-hybridized carbons (Fsp3) is 0.667. The summed E-state index contributed by atoms with van der Waals surface area (Å²) in [6.45, 7) is 6.89. The molecule has 1 aromatic rings. The van der Waals surface area contributed by atoms with E-state index in [2.05, 4.69) is 4.98 Å². The van der Waals surface area contributed by atoms with Gasteiger partial charge in [0.2, 0.25) is 0 Å². The summed E-state index contributed by atoms with van der Waals surface area (Å²) >= 11 is 1.50. The summed E-state index contributed by atoms with van der Waals surface area (Å²) in [6, 6.07) is 0. The second kappa shape index (κ2) is 4.85. The molecule has 100 valence electrons. The van der Waals surface area contributed by atoms with Crippen molar-refractivity contribution in [3.63, 3.8) is 0 Å². The highest BCUT2D eigenvalue weighted by atomic mass is 32.1. The molecule has 2 heterocycles. The molecule has 0 aliphatic carbocycles. The van der Waals surface area contributed by atoms with Crippen LogP contribution >= 0.6 is 11.3 Å². The van der Waals surface area contributed by atoms with E-state index in [9.17, 15) is 4.79 Å². The lowest BCUT2D eigenvalue weighted by Crippen LogP contribution is -2.50. The Bertz CT molecular complexity index is 433. The molecule has 0 saturated carbocycles. The fourth-order valence-corrected chi connectivity index (χ4v) is 2.55. The standard InChI is InChI=1S/C12H18N2O3S/c1-12(2,3)17-11(16)14-5-8(6-14)10-13-4-9(7-15)18-10/h4,8,15H,5-7H2,1-3H3. The van der Waals surface area contributed by atoms with Crippen LogP contribution in [-0.2, 0) is 11.3 Å². The number of aliphatic hydroxyl groups excluding tert-OH is 1. The highest BCUT2D eigenvalue weighted by Gasteiger charge is 2.36. The summed E-state index contributed by atoms with van der Waals surface area (Å²) in [7, 11) is 0. The molecule has 1 aliphatic heterocycles. The molecule has 0 aromatic carbocycles. The topological polar surface area (TPSA) is 62.7 Å². The summed E-state index contributed by atoms with van der Waals surface area (Å²) in [5.74, 6) is 0.280. The molecule has 1 aromatic heterocycles. The van der Waals surface area contributed by atoms with Crippen molar-refractivity contribution in [2.24, 2.45) is 0 Å². The van der Waals surface area contributed by atoms with Crippen LogP contribution in [0.5, 0.6) is 0 Å². The van der Waals surface area contributed by atoms with Crippen molar-refractivity contribution >= 4 is 17.4 Å². The lowest BCUT2D eigenvalue weighted by Gasteiger charge is -2.38. The summed E-state index contributed by atoms with van der Waals surface area (Å²) in [4.78, 5) is 18.5. The normalized spacial score (nSPS) is 16.6. The number of hydrogen-bond donors (Lipinski definition) is 1. The van der Waals surface area contributed by atoms with Gasteiger partial charge in [0.15, 0.2) is 0 Å². The average molecular weight is 270 g/mol. The molecule has 0 atom stereocenters. The number of carbonyl (C=O) groups is 1. The zero-order valence-electron chi connectivity index (χ0n) is 10.8.